The maximum Gasteiger partial charge on any atom is 0.0552 e. The van der Waals surface area contributed by atoms with E-state index in [0.717, 1.165) is 22.3 Å². The molecule has 0 aliphatic heterocycles. The fourth-order valence-electron chi connectivity index (χ4n) is 2.44. The zero-order chi connectivity index (χ0) is 17.2. The van der Waals surface area contributed by atoms with E-state index in [1.807, 2.05) is 24.3 Å². The number of hydrogen-bond donors (Lipinski definition) is 2. The Morgan fingerprint density at radius 3 is 1.39 bits per heavy atom. The Labute approximate surface area is 140 Å². The Morgan fingerprint density at radius 2 is 1.09 bits per heavy atom. The van der Waals surface area contributed by atoms with Crippen molar-refractivity contribution in [2.75, 3.05) is 0 Å². The second-order valence-electron chi connectivity index (χ2n) is 6.21. The van der Waals surface area contributed by atoms with E-state index in [-0.39, 0.29) is 12.2 Å². The van der Waals surface area contributed by atoms with Gasteiger partial charge in [-0.2, -0.15) is 0 Å². The summed E-state index contributed by atoms with van der Waals surface area (Å²) in [4.78, 5) is 0. The fourth-order valence-corrected chi connectivity index (χ4v) is 2.44. The molecule has 2 heteroatoms. The van der Waals surface area contributed by atoms with Gasteiger partial charge in [0.25, 0.3) is 0 Å². The molecule has 2 unspecified atom stereocenters. The van der Waals surface area contributed by atoms with E-state index in [1.165, 1.54) is 6.42 Å². The van der Waals surface area contributed by atoms with E-state index in [2.05, 4.69) is 38.1 Å². The number of aliphatic hydroxyl groups excluding tert-OH is 2. The van der Waals surface area contributed by atoms with Crippen LogP contribution >= 0.6 is 0 Å². The van der Waals surface area contributed by atoms with Gasteiger partial charge < -0.3 is 10.2 Å². The Hall–Kier alpha value is -1.64. The third-order valence-corrected chi connectivity index (χ3v) is 3.25. The molecule has 0 heterocycles. The van der Waals surface area contributed by atoms with E-state index in [9.17, 15) is 10.2 Å². The van der Waals surface area contributed by atoms with Crippen LogP contribution in [0.4, 0.5) is 0 Å². The van der Waals surface area contributed by atoms with Crippen LogP contribution < -0.4 is 0 Å². The van der Waals surface area contributed by atoms with Crippen molar-refractivity contribution in [2.24, 2.45) is 0 Å². The molecule has 0 saturated heterocycles. The van der Waals surface area contributed by atoms with Crippen molar-refractivity contribution in [1.29, 1.82) is 0 Å². The van der Waals surface area contributed by atoms with E-state index < -0.39 is 0 Å². The molecule has 0 bridgehead atoms. The molecule has 0 spiro atoms. The van der Waals surface area contributed by atoms with Crippen LogP contribution in [0.5, 0.6) is 0 Å². The third kappa shape index (κ3) is 7.45. The van der Waals surface area contributed by atoms with Gasteiger partial charge in [-0.1, -0.05) is 68.8 Å². The summed E-state index contributed by atoms with van der Waals surface area (Å²) < 4.78 is 0. The van der Waals surface area contributed by atoms with Crippen molar-refractivity contribution in [2.45, 2.75) is 59.2 Å². The summed E-state index contributed by atoms with van der Waals surface area (Å²) in [5, 5.41) is 19.0. The number of benzene rings is 2. The maximum atomic E-state index is 9.48. The van der Waals surface area contributed by atoms with Crippen LogP contribution in [0.2, 0.25) is 0 Å². The molecule has 0 aliphatic rings. The van der Waals surface area contributed by atoms with Crippen molar-refractivity contribution in [3.05, 3.63) is 59.7 Å². The molecule has 0 aromatic heterocycles. The Kier molecular flexibility index (Phi) is 8.60. The minimum absolute atomic E-state index is 0.327. The molecule has 0 radical (unpaired) electrons. The average molecular weight is 314 g/mol. The highest BCUT2D eigenvalue weighted by Crippen LogP contribution is 2.22. The number of hydrogen-bond acceptors (Lipinski definition) is 2. The van der Waals surface area contributed by atoms with Gasteiger partial charge in [0.1, 0.15) is 0 Å². The van der Waals surface area contributed by atoms with Crippen LogP contribution in [0, 0.1) is 0 Å². The highest BCUT2D eigenvalue weighted by atomic mass is 16.3. The summed E-state index contributed by atoms with van der Waals surface area (Å²) in [6, 6.07) is 16.5. The first-order valence-corrected chi connectivity index (χ1v) is 8.50. The molecule has 0 aliphatic carbocycles. The number of rotatable bonds is 5. The minimum atomic E-state index is -0.327. The molecule has 2 nitrogen and oxygen atoms in total. The monoisotopic (exact) mass is 314 g/mol. The van der Waals surface area contributed by atoms with Gasteiger partial charge in [-0.3, -0.25) is 0 Å². The summed E-state index contributed by atoms with van der Waals surface area (Å²) in [7, 11) is 0. The highest BCUT2D eigenvalue weighted by molar-refractivity contribution is 5.65. The van der Waals surface area contributed by atoms with Crippen molar-refractivity contribution in [3.63, 3.8) is 0 Å². The predicted molar refractivity (Wildman–Crippen MR) is 98.6 cm³/mol. The quantitative estimate of drug-likeness (QED) is 0.845. The van der Waals surface area contributed by atoms with Crippen molar-refractivity contribution in [3.8, 4) is 11.1 Å². The lowest BCUT2D eigenvalue weighted by molar-refractivity contribution is 0.195. The Balaban J connectivity index is 0.000000816. The van der Waals surface area contributed by atoms with E-state index in [4.69, 9.17) is 0 Å². The Bertz CT molecular complexity index is 522. The molecule has 0 amide bonds. The highest BCUT2D eigenvalue weighted by Gasteiger charge is 2.04. The molecule has 23 heavy (non-hydrogen) atoms. The second-order valence-corrected chi connectivity index (χ2v) is 6.21. The molecule has 2 aromatic rings. The predicted octanol–water partition coefficient (Wildman–Crippen LogP) is 4.62. The lowest BCUT2D eigenvalue weighted by Crippen LogP contribution is -2.04. The van der Waals surface area contributed by atoms with Gasteiger partial charge >= 0.3 is 0 Å². The van der Waals surface area contributed by atoms with Crippen LogP contribution in [0.3, 0.4) is 0 Å². The topological polar surface area (TPSA) is 40.5 Å². The van der Waals surface area contributed by atoms with Gasteiger partial charge in [0.05, 0.1) is 12.2 Å². The molecule has 2 aromatic carbocycles. The summed E-state index contributed by atoms with van der Waals surface area (Å²) in [5.41, 5.74) is 4.57. The summed E-state index contributed by atoms with van der Waals surface area (Å²) in [5.74, 6) is 0. The molecule has 126 valence electrons. The van der Waals surface area contributed by atoms with E-state index >= 15 is 0 Å². The minimum Gasteiger partial charge on any atom is -0.393 e. The zero-order valence-electron chi connectivity index (χ0n) is 14.8. The first-order valence-electron chi connectivity index (χ1n) is 8.50. The van der Waals surface area contributed by atoms with Crippen LogP contribution in [-0.2, 0) is 12.8 Å². The largest absolute Gasteiger partial charge is 0.393 e. The van der Waals surface area contributed by atoms with Gasteiger partial charge in [-0.05, 0) is 48.9 Å². The van der Waals surface area contributed by atoms with Crippen molar-refractivity contribution < 1.29 is 10.2 Å². The standard InChI is InChI=1S/C18H22O2.C3H8/c1-13(19)9-15-5-3-7-17(11-15)18-8-4-6-16(12-18)10-14(2)20;1-3-2/h3-8,11-14,19-20H,9-10H2,1-2H3;3H2,1-2H3. The normalized spacial score (nSPS) is 13.0. The van der Waals surface area contributed by atoms with Crippen LogP contribution in [0.25, 0.3) is 11.1 Å². The molecular weight excluding hydrogens is 284 g/mol. The lowest BCUT2D eigenvalue weighted by Gasteiger charge is -2.10. The number of aliphatic hydroxyl groups is 2. The molecule has 2 atom stereocenters. The third-order valence-electron chi connectivity index (χ3n) is 3.25. The van der Waals surface area contributed by atoms with E-state index in [1.54, 1.807) is 13.8 Å². The molecular formula is C21H30O2. The van der Waals surface area contributed by atoms with Gasteiger partial charge in [0, 0.05) is 0 Å². The van der Waals surface area contributed by atoms with Gasteiger partial charge in [0.15, 0.2) is 0 Å². The van der Waals surface area contributed by atoms with Crippen molar-refractivity contribution in [1.82, 2.24) is 0 Å². The molecule has 0 fully saturated rings. The summed E-state index contributed by atoms with van der Waals surface area (Å²) >= 11 is 0. The van der Waals surface area contributed by atoms with E-state index in [0.29, 0.717) is 12.8 Å². The summed E-state index contributed by atoms with van der Waals surface area (Å²) in [6.45, 7) is 7.85. The second kappa shape index (κ2) is 10.2. The van der Waals surface area contributed by atoms with Gasteiger partial charge in [-0.15, -0.1) is 0 Å². The SMILES string of the molecule is CC(O)Cc1cccc(-c2cccc(CC(C)O)c2)c1.CCC. The van der Waals surface area contributed by atoms with Gasteiger partial charge in [-0.25, -0.2) is 0 Å². The first-order chi connectivity index (χ1) is 11.0. The Morgan fingerprint density at radius 1 is 0.739 bits per heavy atom. The van der Waals surface area contributed by atoms with Crippen LogP contribution in [0.15, 0.2) is 48.5 Å². The summed E-state index contributed by atoms with van der Waals surface area (Å²) in [6.07, 6.45) is 1.93. The lowest BCUT2D eigenvalue weighted by atomic mass is 9.98. The van der Waals surface area contributed by atoms with Crippen LogP contribution in [0.1, 0.15) is 45.2 Å². The smallest absolute Gasteiger partial charge is 0.0552 e. The first kappa shape index (κ1) is 19.4. The molecule has 0 saturated carbocycles. The van der Waals surface area contributed by atoms with Crippen molar-refractivity contribution >= 4 is 0 Å². The van der Waals surface area contributed by atoms with Crippen LogP contribution in [-0.4, -0.2) is 22.4 Å². The maximum absolute atomic E-state index is 9.48. The van der Waals surface area contributed by atoms with Gasteiger partial charge in [0.2, 0.25) is 0 Å². The molecule has 2 rings (SSSR count). The molecule has 2 N–H and O–H groups in total. The average Bonchev–Trinajstić information content (AvgIpc) is 2.47. The fraction of sp³-hybridized carbons (Fsp3) is 0.429. The zero-order valence-corrected chi connectivity index (χ0v) is 14.8.